The SMILES string of the molecule is CC(C)(C)c1cc(C=O)cc(CO)c1O. The van der Waals surface area contributed by atoms with Gasteiger partial charge in [-0.1, -0.05) is 20.8 Å². The van der Waals surface area contributed by atoms with Gasteiger partial charge in [-0.2, -0.15) is 0 Å². The highest BCUT2D eigenvalue weighted by Gasteiger charge is 2.20. The van der Waals surface area contributed by atoms with Crippen LogP contribution in [0, 0.1) is 0 Å². The maximum absolute atomic E-state index is 10.7. The van der Waals surface area contributed by atoms with E-state index in [1.165, 1.54) is 6.07 Å². The minimum absolute atomic E-state index is 0.0793. The van der Waals surface area contributed by atoms with Crippen molar-refractivity contribution in [1.82, 2.24) is 0 Å². The molecule has 2 N–H and O–H groups in total. The van der Waals surface area contributed by atoms with Crippen molar-refractivity contribution in [1.29, 1.82) is 0 Å². The third-order valence-corrected chi connectivity index (χ3v) is 2.33. The lowest BCUT2D eigenvalue weighted by Crippen LogP contribution is -2.13. The average molecular weight is 208 g/mol. The normalized spacial score (nSPS) is 11.5. The van der Waals surface area contributed by atoms with Gasteiger partial charge in [0.1, 0.15) is 12.0 Å². The van der Waals surface area contributed by atoms with E-state index in [0.29, 0.717) is 23.0 Å². The zero-order valence-electron chi connectivity index (χ0n) is 9.24. The summed E-state index contributed by atoms with van der Waals surface area (Å²) in [5.41, 5.74) is 1.29. The lowest BCUT2D eigenvalue weighted by molar-refractivity contribution is 0.112. The molecule has 3 nitrogen and oxygen atoms in total. The molecule has 82 valence electrons. The fraction of sp³-hybridized carbons (Fsp3) is 0.417. The number of benzene rings is 1. The summed E-state index contributed by atoms with van der Waals surface area (Å²) in [5, 5.41) is 18.9. The number of phenols is 1. The fourth-order valence-electron chi connectivity index (χ4n) is 1.48. The summed E-state index contributed by atoms with van der Waals surface area (Å²) in [7, 11) is 0. The van der Waals surface area contributed by atoms with Crippen LogP contribution in [0.3, 0.4) is 0 Å². The molecule has 0 radical (unpaired) electrons. The van der Waals surface area contributed by atoms with Crippen LogP contribution in [0.15, 0.2) is 12.1 Å². The number of carbonyl (C=O) groups excluding carboxylic acids is 1. The Morgan fingerprint density at radius 2 is 1.93 bits per heavy atom. The summed E-state index contributed by atoms with van der Waals surface area (Å²) >= 11 is 0. The van der Waals surface area contributed by atoms with Gasteiger partial charge in [-0.15, -0.1) is 0 Å². The van der Waals surface area contributed by atoms with E-state index in [1.807, 2.05) is 20.8 Å². The Labute approximate surface area is 89.4 Å². The maximum Gasteiger partial charge on any atom is 0.150 e. The number of carbonyl (C=O) groups is 1. The van der Waals surface area contributed by atoms with Crippen molar-refractivity contribution in [3.63, 3.8) is 0 Å². The molecule has 0 aliphatic carbocycles. The Morgan fingerprint density at radius 1 is 1.33 bits per heavy atom. The van der Waals surface area contributed by atoms with Crippen LogP contribution in [0.5, 0.6) is 5.75 Å². The number of rotatable bonds is 2. The molecular formula is C12H16O3. The second kappa shape index (κ2) is 4.03. The molecule has 0 aliphatic heterocycles. The Hall–Kier alpha value is -1.35. The summed E-state index contributed by atoms with van der Waals surface area (Å²) in [6, 6.07) is 3.15. The van der Waals surface area contributed by atoms with Crippen LogP contribution in [0.2, 0.25) is 0 Å². The molecule has 0 saturated heterocycles. The topological polar surface area (TPSA) is 57.5 Å². The summed E-state index contributed by atoms with van der Waals surface area (Å²) < 4.78 is 0. The van der Waals surface area contributed by atoms with Crippen molar-refractivity contribution < 1.29 is 15.0 Å². The highest BCUT2D eigenvalue weighted by Crippen LogP contribution is 2.34. The fourth-order valence-corrected chi connectivity index (χ4v) is 1.48. The van der Waals surface area contributed by atoms with E-state index in [2.05, 4.69) is 0 Å². The monoisotopic (exact) mass is 208 g/mol. The standard InChI is InChI=1S/C12H16O3/c1-12(2,3)10-5-8(6-13)4-9(7-14)11(10)15/h4-6,14-15H,7H2,1-3H3. The number of aldehydes is 1. The Balaban J connectivity index is 3.44. The lowest BCUT2D eigenvalue weighted by Gasteiger charge is -2.22. The summed E-state index contributed by atoms with van der Waals surface area (Å²) in [6.07, 6.45) is 0.716. The molecule has 1 rings (SSSR count). The van der Waals surface area contributed by atoms with Gasteiger partial charge in [-0.05, 0) is 17.5 Å². The molecule has 0 bridgehead atoms. The lowest BCUT2D eigenvalue weighted by atomic mass is 9.84. The molecule has 0 atom stereocenters. The van der Waals surface area contributed by atoms with Crippen LogP contribution >= 0.6 is 0 Å². The maximum atomic E-state index is 10.7. The molecule has 0 aliphatic rings. The predicted octanol–water partition coefficient (Wildman–Crippen LogP) is 1.99. The van der Waals surface area contributed by atoms with Crippen molar-refractivity contribution in [3.05, 3.63) is 28.8 Å². The minimum Gasteiger partial charge on any atom is -0.507 e. The summed E-state index contributed by atoms with van der Waals surface area (Å²) in [4.78, 5) is 10.7. The number of aromatic hydroxyl groups is 1. The Morgan fingerprint density at radius 3 is 2.33 bits per heavy atom. The third kappa shape index (κ3) is 2.36. The van der Waals surface area contributed by atoms with E-state index in [9.17, 15) is 9.90 Å². The second-order valence-corrected chi connectivity index (χ2v) is 4.60. The first-order chi connectivity index (χ1) is 6.90. The minimum atomic E-state index is -0.267. The van der Waals surface area contributed by atoms with Gasteiger partial charge in [-0.3, -0.25) is 4.79 Å². The van der Waals surface area contributed by atoms with Crippen molar-refractivity contribution in [2.45, 2.75) is 32.8 Å². The van der Waals surface area contributed by atoms with Gasteiger partial charge in [0.15, 0.2) is 0 Å². The van der Waals surface area contributed by atoms with Gasteiger partial charge in [0.25, 0.3) is 0 Å². The van der Waals surface area contributed by atoms with E-state index in [1.54, 1.807) is 6.07 Å². The molecule has 1 aromatic rings. The Bertz CT molecular complexity index is 375. The van der Waals surface area contributed by atoms with Crippen LogP contribution < -0.4 is 0 Å². The molecule has 0 amide bonds. The molecule has 0 spiro atoms. The number of hydrogen-bond acceptors (Lipinski definition) is 3. The zero-order chi connectivity index (χ0) is 11.6. The predicted molar refractivity (Wildman–Crippen MR) is 58.1 cm³/mol. The summed E-state index contributed by atoms with van der Waals surface area (Å²) in [6.45, 7) is 5.56. The molecular weight excluding hydrogens is 192 g/mol. The first-order valence-corrected chi connectivity index (χ1v) is 4.82. The molecule has 0 unspecified atom stereocenters. The van der Waals surface area contributed by atoms with Crippen LogP contribution in [-0.2, 0) is 12.0 Å². The van der Waals surface area contributed by atoms with Crippen LogP contribution in [0.4, 0.5) is 0 Å². The average Bonchev–Trinajstić information content (AvgIpc) is 2.16. The van der Waals surface area contributed by atoms with E-state index in [4.69, 9.17) is 5.11 Å². The molecule has 0 fully saturated rings. The van der Waals surface area contributed by atoms with Crippen molar-refractivity contribution in [3.8, 4) is 5.75 Å². The smallest absolute Gasteiger partial charge is 0.150 e. The van der Waals surface area contributed by atoms with Crippen molar-refractivity contribution in [2.75, 3.05) is 0 Å². The number of aliphatic hydroxyl groups is 1. The Kier molecular flexibility index (Phi) is 3.15. The first-order valence-electron chi connectivity index (χ1n) is 4.82. The van der Waals surface area contributed by atoms with Crippen LogP contribution in [0.1, 0.15) is 42.3 Å². The van der Waals surface area contributed by atoms with Crippen molar-refractivity contribution in [2.24, 2.45) is 0 Å². The molecule has 15 heavy (non-hydrogen) atoms. The van der Waals surface area contributed by atoms with Gasteiger partial charge >= 0.3 is 0 Å². The van der Waals surface area contributed by atoms with E-state index >= 15 is 0 Å². The van der Waals surface area contributed by atoms with Crippen LogP contribution in [-0.4, -0.2) is 16.5 Å². The van der Waals surface area contributed by atoms with Gasteiger partial charge in [0, 0.05) is 16.7 Å². The van der Waals surface area contributed by atoms with E-state index < -0.39 is 0 Å². The van der Waals surface area contributed by atoms with Gasteiger partial charge < -0.3 is 10.2 Å². The largest absolute Gasteiger partial charge is 0.507 e. The molecule has 0 saturated carbocycles. The van der Waals surface area contributed by atoms with Crippen molar-refractivity contribution >= 4 is 6.29 Å². The van der Waals surface area contributed by atoms with E-state index in [-0.39, 0.29) is 17.8 Å². The molecule has 0 aromatic heterocycles. The molecule has 0 heterocycles. The highest BCUT2D eigenvalue weighted by molar-refractivity contribution is 5.76. The van der Waals surface area contributed by atoms with Gasteiger partial charge in [0.05, 0.1) is 6.61 Å². The first kappa shape index (κ1) is 11.7. The number of hydrogen-bond donors (Lipinski definition) is 2. The quantitative estimate of drug-likeness (QED) is 0.731. The third-order valence-electron chi connectivity index (χ3n) is 2.33. The summed E-state index contributed by atoms with van der Waals surface area (Å²) in [5.74, 6) is 0.0793. The second-order valence-electron chi connectivity index (χ2n) is 4.60. The molecule has 1 aromatic carbocycles. The van der Waals surface area contributed by atoms with Gasteiger partial charge in [-0.25, -0.2) is 0 Å². The molecule has 3 heteroatoms. The van der Waals surface area contributed by atoms with E-state index in [0.717, 1.165) is 0 Å². The zero-order valence-corrected chi connectivity index (χ0v) is 9.24. The highest BCUT2D eigenvalue weighted by atomic mass is 16.3. The number of aliphatic hydroxyl groups excluding tert-OH is 1. The van der Waals surface area contributed by atoms with Crippen LogP contribution in [0.25, 0.3) is 0 Å². The van der Waals surface area contributed by atoms with Gasteiger partial charge in [0.2, 0.25) is 0 Å².